The van der Waals surface area contributed by atoms with Crippen LogP contribution >= 0.6 is 0 Å². The van der Waals surface area contributed by atoms with Crippen LogP contribution in [0.3, 0.4) is 0 Å². The second-order valence-electron chi connectivity index (χ2n) is 8.66. The Hall–Kier alpha value is -1.52. The molecule has 0 fully saturated rings. The lowest BCUT2D eigenvalue weighted by Gasteiger charge is -2.42. The summed E-state index contributed by atoms with van der Waals surface area (Å²) in [7, 11) is 0. The van der Waals surface area contributed by atoms with Crippen LogP contribution < -0.4 is 4.90 Å². The van der Waals surface area contributed by atoms with Crippen LogP contribution in [0, 0.1) is 0 Å². The highest BCUT2D eigenvalue weighted by Gasteiger charge is 2.44. The average Bonchev–Trinajstić information content (AvgIpc) is 2.54. The summed E-state index contributed by atoms with van der Waals surface area (Å²) in [6.45, 7) is 10.7. The Balaban J connectivity index is 2.47. The van der Waals surface area contributed by atoms with E-state index in [-0.39, 0.29) is 17.4 Å². The van der Waals surface area contributed by atoms with Crippen molar-refractivity contribution in [1.82, 2.24) is 0 Å². The molecule has 1 aliphatic rings. The maximum atomic E-state index is 13.1. The number of carbonyl (C=O) groups is 1. The molecule has 26 heavy (non-hydrogen) atoms. The van der Waals surface area contributed by atoms with Crippen LogP contribution in [0.4, 0.5) is 18.9 Å². The third kappa shape index (κ3) is 4.24. The number of benzene rings is 1. The highest BCUT2D eigenvalue weighted by atomic mass is 19.4. The smallest absolute Gasteiger partial charge is 0.305 e. The van der Waals surface area contributed by atoms with Gasteiger partial charge in [-0.3, -0.25) is 4.79 Å². The average molecular weight is 369 g/mol. The molecule has 2 rings (SSSR count). The van der Waals surface area contributed by atoms with E-state index in [1.54, 1.807) is 6.07 Å². The molecule has 0 N–H and O–H groups in total. The van der Waals surface area contributed by atoms with Gasteiger partial charge < -0.3 is 4.90 Å². The van der Waals surface area contributed by atoms with E-state index in [9.17, 15) is 18.0 Å². The monoisotopic (exact) mass is 369 g/mol. The summed E-state index contributed by atoms with van der Waals surface area (Å²) in [5, 5.41) is 0. The normalized spacial score (nSPS) is 18.3. The Labute approximate surface area is 154 Å². The first kappa shape index (κ1) is 20.8. The number of hydrogen-bond acceptors (Lipinski definition) is 1. The van der Waals surface area contributed by atoms with Gasteiger partial charge in [-0.2, -0.15) is 13.2 Å². The molecule has 0 aromatic heterocycles. The molecule has 2 nitrogen and oxygen atoms in total. The predicted octanol–water partition coefficient (Wildman–Crippen LogP) is 6.12. The van der Waals surface area contributed by atoms with Crippen LogP contribution in [0.1, 0.15) is 77.8 Å². The third-order valence-corrected chi connectivity index (χ3v) is 5.62. The molecule has 1 aromatic carbocycles. The zero-order valence-corrected chi connectivity index (χ0v) is 16.5. The number of carbonyl (C=O) groups excluding carboxylic acids is 1. The molecule has 0 aliphatic heterocycles. The predicted molar refractivity (Wildman–Crippen MR) is 99.7 cm³/mol. The number of nitrogens with zero attached hydrogens (tertiary/aromatic N) is 1. The molecule has 0 bridgehead atoms. The van der Waals surface area contributed by atoms with Crippen molar-refractivity contribution in [3.63, 3.8) is 0 Å². The quantitative estimate of drug-likeness (QED) is 0.573. The number of alkyl halides is 3. The first-order chi connectivity index (χ1) is 11.9. The summed E-state index contributed by atoms with van der Waals surface area (Å²) in [6.07, 6.45) is -0.612. The topological polar surface area (TPSA) is 20.3 Å². The van der Waals surface area contributed by atoms with Crippen LogP contribution in [-0.4, -0.2) is 18.6 Å². The lowest BCUT2D eigenvalue weighted by Crippen LogP contribution is -2.42. The number of anilines is 1. The number of hydrogen-bond donors (Lipinski definition) is 0. The van der Waals surface area contributed by atoms with Crippen molar-refractivity contribution in [3.8, 4) is 0 Å². The number of halogens is 3. The van der Waals surface area contributed by atoms with E-state index >= 15 is 0 Å². The fourth-order valence-electron chi connectivity index (χ4n) is 3.77. The second kappa shape index (κ2) is 7.24. The highest BCUT2D eigenvalue weighted by molar-refractivity contribution is 5.97. The van der Waals surface area contributed by atoms with Gasteiger partial charge in [0, 0.05) is 12.2 Å². The SMILES string of the molecule is CCCCCN(C(=O)C(F)(F)F)c1ccc2c(c1)C(C)(C)CCC2(C)C. The first-order valence-corrected chi connectivity index (χ1v) is 9.44. The Morgan fingerprint density at radius 2 is 1.62 bits per heavy atom. The van der Waals surface area contributed by atoms with Gasteiger partial charge in [0.2, 0.25) is 0 Å². The Morgan fingerprint density at radius 1 is 1.04 bits per heavy atom. The Kier molecular flexibility index (Phi) is 5.79. The van der Waals surface area contributed by atoms with E-state index in [1.165, 1.54) is 5.56 Å². The van der Waals surface area contributed by atoms with Crippen molar-refractivity contribution in [1.29, 1.82) is 0 Å². The molecule has 0 atom stereocenters. The van der Waals surface area contributed by atoms with Crippen molar-refractivity contribution < 1.29 is 18.0 Å². The van der Waals surface area contributed by atoms with Gasteiger partial charge in [0.05, 0.1) is 0 Å². The van der Waals surface area contributed by atoms with Crippen LogP contribution in [0.2, 0.25) is 0 Å². The fourth-order valence-corrected chi connectivity index (χ4v) is 3.77. The third-order valence-electron chi connectivity index (χ3n) is 5.62. The molecule has 146 valence electrons. The molecule has 1 amide bonds. The summed E-state index contributed by atoms with van der Waals surface area (Å²) in [4.78, 5) is 12.9. The van der Waals surface area contributed by atoms with E-state index in [4.69, 9.17) is 0 Å². The zero-order chi connectivity index (χ0) is 19.8. The largest absolute Gasteiger partial charge is 0.471 e. The van der Waals surface area contributed by atoms with Gasteiger partial charge in [-0.1, -0.05) is 53.5 Å². The van der Waals surface area contributed by atoms with E-state index in [0.29, 0.717) is 12.1 Å². The van der Waals surface area contributed by atoms with Gasteiger partial charge in [-0.05, 0) is 53.4 Å². The molecular weight excluding hydrogens is 339 g/mol. The minimum atomic E-state index is -4.86. The zero-order valence-electron chi connectivity index (χ0n) is 16.5. The van der Waals surface area contributed by atoms with E-state index in [1.807, 2.05) is 19.1 Å². The molecule has 0 radical (unpaired) electrons. The summed E-state index contributed by atoms with van der Waals surface area (Å²) in [5.74, 6) is -1.78. The minimum Gasteiger partial charge on any atom is -0.305 e. The van der Waals surface area contributed by atoms with Gasteiger partial charge in [0.15, 0.2) is 0 Å². The molecule has 0 heterocycles. The number of fused-ring (bicyclic) bond motifs is 1. The van der Waals surface area contributed by atoms with Crippen LogP contribution in [0.5, 0.6) is 0 Å². The Morgan fingerprint density at radius 3 is 2.15 bits per heavy atom. The van der Waals surface area contributed by atoms with Crippen molar-refractivity contribution in [2.75, 3.05) is 11.4 Å². The lowest BCUT2D eigenvalue weighted by atomic mass is 9.63. The summed E-state index contributed by atoms with van der Waals surface area (Å²) < 4.78 is 39.4. The molecule has 0 spiro atoms. The van der Waals surface area contributed by atoms with Crippen LogP contribution in [0.25, 0.3) is 0 Å². The van der Waals surface area contributed by atoms with E-state index in [0.717, 1.165) is 36.1 Å². The molecule has 0 saturated heterocycles. The van der Waals surface area contributed by atoms with Crippen LogP contribution in [0.15, 0.2) is 18.2 Å². The maximum absolute atomic E-state index is 13.1. The van der Waals surface area contributed by atoms with E-state index in [2.05, 4.69) is 27.7 Å². The summed E-state index contributed by atoms with van der Waals surface area (Å²) in [6, 6.07) is 5.41. The summed E-state index contributed by atoms with van der Waals surface area (Å²) in [5.41, 5.74) is 2.46. The standard InChI is InChI=1S/C21H30F3NO/c1-6-7-8-13-25(18(26)21(22,23)24)15-9-10-16-17(14-15)20(4,5)12-11-19(16,2)3/h9-10,14H,6-8,11-13H2,1-5H3. The highest BCUT2D eigenvalue weighted by Crippen LogP contribution is 2.46. The van der Waals surface area contributed by atoms with Gasteiger partial charge in [-0.15, -0.1) is 0 Å². The molecule has 0 unspecified atom stereocenters. The van der Waals surface area contributed by atoms with Crippen molar-refractivity contribution >= 4 is 11.6 Å². The molecular formula is C21H30F3NO. The maximum Gasteiger partial charge on any atom is 0.471 e. The number of rotatable bonds is 5. The van der Waals surface area contributed by atoms with E-state index < -0.39 is 12.1 Å². The van der Waals surface area contributed by atoms with Crippen molar-refractivity contribution in [2.45, 2.75) is 83.7 Å². The second-order valence-corrected chi connectivity index (χ2v) is 8.66. The van der Waals surface area contributed by atoms with Gasteiger partial charge in [0.1, 0.15) is 0 Å². The minimum absolute atomic E-state index is 0.00946. The molecule has 5 heteroatoms. The van der Waals surface area contributed by atoms with Crippen molar-refractivity contribution in [2.24, 2.45) is 0 Å². The number of unbranched alkanes of at least 4 members (excludes halogenated alkanes) is 2. The lowest BCUT2D eigenvalue weighted by molar-refractivity contribution is -0.170. The number of amides is 1. The Bertz CT molecular complexity index is 662. The summed E-state index contributed by atoms with van der Waals surface area (Å²) >= 11 is 0. The molecule has 1 aliphatic carbocycles. The molecule has 1 aromatic rings. The first-order valence-electron chi connectivity index (χ1n) is 9.44. The molecule has 0 saturated carbocycles. The van der Waals surface area contributed by atoms with Gasteiger partial charge in [-0.25, -0.2) is 0 Å². The van der Waals surface area contributed by atoms with Gasteiger partial charge in [0.25, 0.3) is 0 Å². The van der Waals surface area contributed by atoms with Crippen LogP contribution in [-0.2, 0) is 15.6 Å². The van der Waals surface area contributed by atoms with Gasteiger partial charge >= 0.3 is 12.1 Å². The van der Waals surface area contributed by atoms with Crippen molar-refractivity contribution in [3.05, 3.63) is 29.3 Å². The fraction of sp³-hybridized carbons (Fsp3) is 0.667.